The van der Waals surface area contributed by atoms with Crippen molar-refractivity contribution in [2.24, 2.45) is 0 Å². The van der Waals surface area contributed by atoms with Gasteiger partial charge >= 0.3 is 5.82 Å². The standard InChI is InChI=1S/C10H8ClN3O3S/c1-6-4-13(12-10(6)14(16)17)5-7(15)8-2-3-9(11)18-8/h2-4H,5H2,1H3. The number of Topliss-reactive ketones (excluding diaryl/α,β-unsaturated/α-hetero) is 1. The third kappa shape index (κ3) is 2.57. The minimum Gasteiger partial charge on any atom is -0.358 e. The minimum absolute atomic E-state index is 0.0362. The second-order valence-corrected chi connectivity index (χ2v) is 5.33. The highest BCUT2D eigenvalue weighted by Gasteiger charge is 2.19. The van der Waals surface area contributed by atoms with E-state index in [0.717, 1.165) is 0 Å². The summed E-state index contributed by atoms with van der Waals surface area (Å²) in [4.78, 5) is 22.4. The monoisotopic (exact) mass is 285 g/mol. The van der Waals surface area contributed by atoms with E-state index in [1.807, 2.05) is 0 Å². The smallest absolute Gasteiger partial charge is 0.358 e. The summed E-state index contributed by atoms with van der Waals surface area (Å²) in [5.41, 5.74) is 0.428. The maximum Gasteiger partial charge on any atom is 0.392 e. The Bertz CT molecular complexity index is 620. The number of aromatic nitrogens is 2. The quantitative estimate of drug-likeness (QED) is 0.491. The van der Waals surface area contributed by atoms with Gasteiger partial charge in [-0.3, -0.25) is 4.79 Å². The van der Waals surface area contributed by atoms with Gasteiger partial charge < -0.3 is 10.1 Å². The molecule has 2 heterocycles. The first-order valence-electron chi connectivity index (χ1n) is 4.94. The van der Waals surface area contributed by atoms with Gasteiger partial charge in [0.2, 0.25) is 0 Å². The van der Waals surface area contributed by atoms with Gasteiger partial charge in [0.25, 0.3) is 0 Å². The Morgan fingerprint density at radius 2 is 2.33 bits per heavy atom. The van der Waals surface area contributed by atoms with Crippen molar-refractivity contribution in [2.75, 3.05) is 0 Å². The predicted molar refractivity (Wildman–Crippen MR) is 67.3 cm³/mol. The van der Waals surface area contributed by atoms with Gasteiger partial charge in [-0.05, 0) is 24.0 Å². The first kappa shape index (κ1) is 12.7. The van der Waals surface area contributed by atoms with Crippen LogP contribution in [0.15, 0.2) is 18.3 Å². The lowest BCUT2D eigenvalue weighted by Crippen LogP contribution is -2.09. The molecule has 0 saturated heterocycles. The molecule has 6 nitrogen and oxygen atoms in total. The summed E-state index contributed by atoms with van der Waals surface area (Å²) in [6, 6.07) is 3.26. The zero-order chi connectivity index (χ0) is 13.3. The largest absolute Gasteiger partial charge is 0.392 e. The number of ketones is 1. The number of halogens is 1. The highest BCUT2D eigenvalue weighted by molar-refractivity contribution is 7.18. The van der Waals surface area contributed by atoms with Crippen LogP contribution in [0.2, 0.25) is 4.34 Å². The van der Waals surface area contributed by atoms with Gasteiger partial charge in [-0.1, -0.05) is 11.6 Å². The number of hydrogen-bond donors (Lipinski definition) is 0. The fraction of sp³-hybridized carbons (Fsp3) is 0.200. The van der Waals surface area contributed by atoms with Crippen molar-refractivity contribution in [1.82, 2.24) is 9.78 Å². The van der Waals surface area contributed by atoms with Crippen molar-refractivity contribution in [2.45, 2.75) is 13.5 Å². The molecule has 2 aromatic heterocycles. The lowest BCUT2D eigenvalue weighted by Gasteiger charge is -1.93. The SMILES string of the molecule is Cc1cn(CC(=O)c2ccc(Cl)s2)nc1[N+](=O)[O-]. The number of nitrogens with zero attached hydrogens (tertiary/aromatic N) is 3. The maximum absolute atomic E-state index is 11.8. The van der Waals surface area contributed by atoms with Gasteiger partial charge in [0.1, 0.15) is 6.54 Å². The van der Waals surface area contributed by atoms with Crippen molar-refractivity contribution >= 4 is 34.5 Å². The van der Waals surface area contributed by atoms with Crippen molar-refractivity contribution in [3.05, 3.63) is 43.2 Å². The first-order valence-corrected chi connectivity index (χ1v) is 6.14. The molecule has 0 atom stereocenters. The third-order valence-corrected chi connectivity index (χ3v) is 3.52. The Kier molecular flexibility index (Phi) is 3.44. The summed E-state index contributed by atoms with van der Waals surface area (Å²) in [6.07, 6.45) is 1.48. The molecule has 94 valence electrons. The van der Waals surface area contributed by atoms with Crippen LogP contribution in [0.4, 0.5) is 5.82 Å². The average molecular weight is 286 g/mol. The molecule has 0 aliphatic carbocycles. The number of carbonyl (C=O) groups excluding carboxylic acids is 1. The molecule has 2 aromatic rings. The van der Waals surface area contributed by atoms with E-state index in [-0.39, 0.29) is 18.1 Å². The van der Waals surface area contributed by atoms with Gasteiger partial charge in [-0.2, -0.15) is 4.68 Å². The van der Waals surface area contributed by atoms with E-state index in [1.54, 1.807) is 19.1 Å². The number of rotatable bonds is 4. The molecule has 0 unspecified atom stereocenters. The molecule has 0 bridgehead atoms. The molecule has 0 N–H and O–H groups in total. The molecular formula is C10H8ClN3O3S. The van der Waals surface area contributed by atoms with Crippen LogP contribution in [0.1, 0.15) is 15.2 Å². The van der Waals surface area contributed by atoms with Gasteiger partial charge in [0.15, 0.2) is 5.78 Å². The molecule has 0 aliphatic rings. The maximum atomic E-state index is 11.8. The molecule has 0 radical (unpaired) electrons. The second kappa shape index (κ2) is 4.87. The van der Waals surface area contributed by atoms with E-state index in [1.165, 1.54) is 22.2 Å². The third-order valence-electron chi connectivity index (χ3n) is 2.25. The fourth-order valence-corrected chi connectivity index (χ4v) is 2.43. The number of thiophene rings is 1. The van der Waals surface area contributed by atoms with Crippen LogP contribution in [0, 0.1) is 17.0 Å². The Morgan fingerprint density at radius 1 is 1.61 bits per heavy atom. The lowest BCUT2D eigenvalue weighted by molar-refractivity contribution is -0.390. The zero-order valence-electron chi connectivity index (χ0n) is 9.29. The molecule has 0 aromatic carbocycles. The van der Waals surface area contributed by atoms with Crippen molar-refractivity contribution < 1.29 is 9.72 Å². The Hall–Kier alpha value is -1.73. The van der Waals surface area contributed by atoms with Crippen molar-refractivity contribution in [1.29, 1.82) is 0 Å². The van der Waals surface area contributed by atoms with Crippen LogP contribution in [0.25, 0.3) is 0 Å². The van der Waals surface area contributed by atoms with Crippen molar-refractivity contribution in [3.63, 3.8) is 0 Å². The number of carbonyl (C=O) groups is 1. The number of aryl methyl sites for hydroxylation is 1. The van der Waals surface area contributed by atoms with E-state index in [9.17, 15) is 14.9 Å². The van der Waals surface area contributed by atoms with Gasteiger partial charge in [-0.15, -0.1) is 11.3 Å². The molecule has 8 heteroatoms. The molecule has 0 amide bonds. The summed E-state index contributed by atoms with van der Waals surface area (Å²) in [5.74, 6) is -0.406. The van der Waals surface area contributed by atoms with Crippen LogP contribution < -0.4 is 0 Å². The fourth-order valence-electron chi connectivity index (χ4n) is 1.46. The topological polar surface area (TPSA) is 78.0 Å². The molecule has 2 rings (SSSR count). The predicted octanol–water partition coefficient (Wildman–Crippen LogP) is 2.70. The van der Waals surface area contributed by atoms with Gasteiger partial charge in [0.05, 0.1) is 26.1 Å². The summed E-state index contributed by atoms with van der Waals surface area (Å²) < 4.78 is 1.80. The Morgan fingerprint density at radius 3 is 2.83 bits per heavy atom. The lowest BCUT2D eigenvalue weighted by atomic mass is 10.3. The van der Waals surface area contributed by atoms with Crippen LogP contribution >= 0.6 is 22.9 Å². The molecule has 0 saturated carbocycles. The van der Waals surface area contributed by atoms with Crippen LogP contribution in [-0.2, 0) is 6.54 Å². The van der Waals surface area contributed by atoms with E-state index in [2.05, 4.69) is 5.10 Å². The highest BCUT2D eigenvalue weighted by atomic mass is 35.5. The second-order valence-electron chi connectivity index (χ2n) is 3.62. The molecule has 0 spiro atoms. The summed E-state index contributed by atoms with van der Waals surface area (Å²) in [5, 5.41) is 14.4. The first-order chi connectivity index (χ1) is 8.47. The van der Waals surface area contributed by atoms with E-state index >= 15 is 0 Å². The number of nitro groups is 1. The van der Waals surface area contributed by atoms with Crippen LogP contribution in [-0.4, -0.2) is 20.5 Å². The summed E-state index contributed by atoms with van der Waals surface area (Å²) in [7, 11) is 0. The van der Waals surface area contributed by atoms with Crippen LogP contribution in [0.5, 0.6) is 0 Å². The van der Waals surface area contributed by atoms with E-state index in [0.29, 0.717) is 14.8 Å². The molecule has 0 fully saturated rings. The normalized spacial score (nSPS) is 10.6. The van der Waals surface area contributed by atoms with Gasteiger partial charge in [0, 0.05) is 0 Å². The molecule has 18 heavy (non-hydrogen) atoms. The number of hydrogen-bond acceptors (Lipinski definition) is 5. The Labute approximate surface area is 111 Å². The van der Waals surface area contributed by atoms with Gasteiger partial charge in [-0.25, -0.2) is 0 Å². The average Bonchev–Trinajstić information content (AvgIpc) is 2.85. The molecular weight excluding hydrogens is 278 g/mol. The van der Waals surface area contributed by atoms with E-state index in [4.69, 9.17) is 11.6 Å². The zero-order valence-corrected chi connectivity index (χ0v) is 10.9. The molecule has 0 aliphatic heterocycles. The summed E-state index contributed by atoms with van der Waals surface area (Å²) >= 11 is 6.91. The van der Waals surface area contributed by atoms with Crippen LogP contribution in [0.3, 0.4) is 0 Å². The minimum atomic E-state index is -0.571. The highest BCUT2D eigenvalue weighted by Crippen LogP contribution is 2.22. The van der Waals surface area contributed by atoms with E-state index < -0.39 is 4.92 Å². The van der Waals surface area contributed by atoms with Crippen molar-refractivity contribution in [3.8, 4) is 0 Å². The Balaban J connectivity index is 2.17. The summed E-state index contributed by atoms with van der Waals surface area (Å²) in [6.45, 7) is 1.54.